The van der Waals surface area contributed by atoms with Crippen LogP contribution in [0, 0.1) is 65.1 Å². The lowest BCUT2D eigenvalue weighted by Crippen LogP contribution is -2.42. The van der Waals surface area contributed by atoms with Crippen molar-refractivity contribution in [3.8, 4) is 11.1 Å². The summed E-state index contributed by atoms with van der Waals surface area (Å²) in [6.07, 6.45) is 101. The van der Waals surface area contributed by atoms with Crippen LogP contribution in [-0.4, -0.2) is 17.6 Å². The molecule has 1 saturated heterocycles. The molecular formula is C134H248N2. The minimum atomic E-state index is 0. The van der Waals surface area contributed by atoms with E-state index in [0.717, 1.165) is 47.5 Å². The Kier molecular flexibility index (Phi) is 102. The fraction of sp³-hybridized carbons (Fsp3) is 0.739. The zero-order valence-electron chi connectivity index (χ0n) is 86.6. The lowest BCUT2D eigenvalue weighted by molar-refractivity contribution is 0.116. The molecule has 2 heterocycles. The van der Waals surface area contributed by atoms with Gasteiger partial charge in [0.05, 0.1) is 0 Å². The minimum absolute atomic E-state index is 0. The molecule has 2 heteroatoms. The fourth-order valence-electron chi connectivity index (χ4n) is 23.5. The summed E-state index contributed by atoms with van der Waals surface area (Å²) in [7, 11) is 0. The van der Waals surface area contributed by atoms with Gasteiger partial charge in [0.1, 0.15) is 0 Å². The first-order valence-corrected chi connectivity index (χ1v) is 56.5. The molecule has 0 spiro atoms. The van der Waals surface area contributed by atoms with Gasteiger partial charge >= 0.3 is 0 Å². The molecule has 1 aliphatic heterocycles. The largest absolute Gasteiger partial charge is 0.314 e. The van der Waals surface area contributed by atoms with E-state index in [1.807, 2.05) is 123 Å². The highest BCUT2D eigenvalue weighted by Gasteiger charge is 2.34. The van der Waals surface area contributed by atoms with Crippen LogP contribution in [0.5, 0.6) is 0 Å². The molecule has 12 saturated carbocycles. The lowest BCUT2D eigenvalue weighted by Gasteiger charge is -2.40. The molecule has 21 aliphatic rings. The van der Waals surface area contributed by atoms with E-state index in [9.17, 15) is 0 Å². The normalized spacial score (nSPS) is 24.1. The number of hydrogen-bond acceptors (Lipinski definition) is 2. The van der Waals surface area contributed by atoms with Gasteiger partial charge in [0.15, 0.2) is 0 Å². The third-order valence-corrected chi connectivity index (χ3v) is 30.2. The van der Waals surface area contributed by atoms with Crippen molar-refractivity contribution in [3.63, 3.8) is 0 Å². The predicted molar refractivity (Wildman–Crippen MR) is 635 cm³/mol. The molecule has 5 aromatic rings. The molecule has 4 aromatic carbocycles. The van der Waals surface area contributed by atoms with E-state index >= 15 is 0 Å². The summed E-state index contributed by atoms with van der Waals surface area (Å²) < 4.78 is 0. The maximum atomic E-state index is 4.32. The van der Waals surface area contributed by atoms with Gasteiger partial charge in [0.25, 0.3) is 0 Å². The highest BCUT2D eigenvalue weighted by atomic mass is 14.9. The summed E-state index contributed by atoms with van der Waals surface area (Å²) in [5.41, 5.74) is 14.8. The second-order valence-electron chi connectivity index (χ2n) is 38.2. The standard InChI is InChI=1S/C14H12.C11H20.C11H18.C10H18.C10H12.C9H17N.C9H11N.C9H10.2C7H12.C6H10.C5H8.8C2H6.10CH4/c1-10-11-6-2-4-8-13(11)14-9-5-3-7-12(10)14;2*1-4-10-6-2-7-11(5-1)9-3-8-10;2*1-2-6-10-8-4-3-7-9(10)5-1;2*1-2-6-9-8(4-1)5-3-7-10-9;1-2-5-9-7-3-6-8(9)4-1;1-2-7-4-3-6(1)5-7;1-2-6-4-7(3-1)5-6;1-2-4-6-5-3-1;1-2-4-5-3-1;8*1-2;;;;;;;;;;/h2-10H,1H3;10-11H,1-9H2;1,4,10-11H,2-3,5-9H2;9-10H,1-8H2;1-2,5-6H,3-4,7-8H2;8-10H,1-7H2;3,5,7H,1-2,4,6H2;1-2,4-5H,3,6-7H2;2*6-7H,1-5H2;1-2H,3-6H2;1-2H,3-5H2;8*1-2H3;10*1H4. The van der Waals surface area contributed by atoms with Gasteiger partial charge in [-0.05, 0) is 308 Å². The van der Waals surface area contributed by atoms with E-state index < -0.39 is 0 Å². The van der Waals surface area contributed by atoms with Crippen LogP contribution in [0.2, 0.25) is 0 Å². The van der Waals surface area contributed by atoms with Crippen LogP contribution in [0.25, 0.3) is 11.1 Å². The van der Waals surface area contributed by atoms with E-state index in [4.69, 9.17) is 0 Å². The van der Waals surface area contributed by atoms with Crippen molar-refractivity contribution in [2.75, 3.05) is 6.54 Å². The van der Waals surface area contributed by atoms with Crippen LogP contribution in [0.1, 0.15) is 576 Å². The van der Waals surface area contributed by atoms with Crippen LogP contribution in [0.15, 0.2) is 152 Å². The summed E-state index contributed by atoms with van der Waals surface area (Å²) in [6, 6.07) is 40.1. The van der Waals surface area contributed by atoms with E-state index in [1.54, 1.807) is 144 Å². The Labute approximate surface area is 860 Å². The number of allylic oxidation sites excluding steroid dienone is 6. The van der Waals surface area contributed by atoms with Crippen molar-refractivity contribution in [2.24, 2.45) is 65.1 Å². The van der Waals surface area contributed by atoms with Gasteiger partial charge in [-0.2, -0.15) is 0 Å². The zero-order valence-corrected chi connectivity index (χ0v) is 86.6. The van der Waals surface area contributed by atoms with Crippen molar-refractivity contribution in [1.82, 2.24) is 10.3 Å². The molecule has 794 valence electrons. The molecule has 2 unspecified atom stereocenters. The summed E-state index contributed by atoms with van der Waals surface area (Å²) in [4.78, 5) is 4.32. The molecule has 0 amide bonds. The van der Waals surface area contributed by atoms with Gasteiger partial charge in [-0.1, -0.05) is 524 Å². The van der Waals surface area contributed by atoms with E-state index in [-0.39, 0.29) is 74.3 Å². The number of piperidine rings is 1. The Bertz CT molecular complexity index is 3050. The molecule has 1 N–H and O–H groups in total. The monoisotopic (exact) mass is 1890 g/mol. The maximum absolute atomic E-state index is 4.32. The van der Waals surface area contributed by atoms with Crippen LogP contribution < -0.4 is 5.32 Å². The smallest absolute Gasteiger partial charge is 0.0435 e. The highest BCUT2D eigenvalue weighted by Crippen LogP contribution is 2.47. The SMILES string of the molecule is C.C.C.C.C.C.C.C.C.C.C1=CC2CCCC(C1)CCC2.C1=CCCC1.C1=CCCCC1.C1CC2CC(C1)C2.C1CC2CCC1C2.C1CC2CCCC(C1)CCC2.C1CCC2CCCCC2C1.C1CCC2NCCCC2C1.CC.CC.CC.CC.CC.CC.CC.CC.CC1c2ccccc2-c2ccccc21.c1ccc2c(c1)CCC2.c1ccc2c(c1)CCCC2.c1cnc2c(c1)CCCC2. The Balaban J connectivity index is -0.000000263. The number of aromatic nitrogens is 1. The number of benzene rings is 4. The van der Waals surface area contributed by atoms with Crippen molar-refractivity contribution in [1.29, 1.82) is 0 Å². The number of aryl methyl sites for hydroxylation is 6. The molecule has 0 radical (unpaired) electrons. The average Bonchev–Trinajstić information content (AvgIpc) is 1.62. The molecule has 136 heavy (non-hydrogen) atoms. The number of nitrogens with zero attached hydrogens (tertiary/aromatic N) is 1. The fourth-order valence-corrected chi connectivity index (χ4v) is 23.5. The van der Waals surface area contributed by atoms with Gasteiger partial charge in [0.2, 0.25) is 0 Å². The molecule has 1 aromatic heterocycles. The molecule has 8 bridgehead atoms. The maximum Gasteiger partial charge on any atom is 0.0435 e. The Morgan fingerprint density at radius 1 is 0.243 bits per heavy atom. The van der Waals surface area contributed by atoms with Gasteiger partial charge in [-0.15, -0.1) is 0 Å². The predicted octanol–water partition coefficient (Wildman–Crippen LogP) is 45.9. The van der Waals surface area contributed by atoms with Crippen molar-refractivity contribution in [3.05, 3.63) is 196 Å². The summed E-state index contributed by atoms with van der Waals surface area (Å²) >= 11 is 0. The summed E-state index contributed by atoms with van der Waals surface area (Å²) in [6.45, 7) is 35.6. The Hall–Kier alpha value is -4.79. The highest BCUT2D eigenvalue weighted by molar-refractivity contribution is 5.78. The summed E-state index contributed by atoms with van der Waals surface area (Å²) in [5, 5.41) is 3.62. The van der Waals surface area contributed by atoms with E-state index in [1.165, 1.54) is 314 Å². The third-order valence-electron chi connectivity index (χ3n) is 30.2. The third kappa shape index (κ3) is 56.9. The van der Waals surface area contributed by atoms with Crippen LogP contribution >= 0.6 is 0 Å². The van der Waals surface area contributed by atoms with Gasteiger partial charge in [-0.3, -0.25) is 4.98 Å². The van der Waals surface area contributed by atoms with Crippen LogP contribution in [0.3, 0.4) is 0 Å². The molecule has 2 nitrogen and oxygen atoms in total. The van der Waals surface area contributed by atoms with Gasteiger partial charge in [0, 0.05) is 23.9 Å². The Morgan fingerprint density at radius 2 is 0.559 bits per heavy atom. The first-order valence-electron chi connectivity index (χ1n) is 56.5. The molecule has 13 fully saturated rings. The minimum Gasteiger partial charge on any atom is -0.314 e. The summed E-state index contributed by atoms with van der Waals surface area (Å²) in [5.74, 6) is 12.8. The molecule has 2 atom stereocenters. The van der Waals surface area contributed by atoms with E-state index in [0.29, 0.717) is 5.92 Å². The molecule has 20 aliphatic carbocycles. The number of rotatable bonds is 0. The van der Waals surface area contributed by atoms with Crippen molar-refractivity contribution >= 4 is 0 Å². The number of fused-ring (bicyclic) bond motifs is 23. The quantitative estimate of drug-likeness (QED) is 0.156. The second kappa shape index (κ2) is 96.3. The van der Waals surface area contributed by atoms with Gasteiger partial charge in [-0.25, -0.2) is 0 Å². The Morgan fingerprint density at radius 3 is 0.912 bits per heavy atom. The topological polar surface area (TPSA) is 24.9 Å². The van der Waals surface area contributed by atoms with E-state index in [2.05, 4.69) is 157 Å². The first kappa shape index (κ1) is 144. The lowest BCUT2D eigenvalue weighted by atomic mass is 9.65. The van der Waals surface area contributed by atoms with Crippen molar-refractivity contribution < 1.29 is 0 Å². The van der Waals surface area contributed by atoms with Gasteiger partial charge < -0.3 is 5.32 Å². The second-order valence-corrected chi connectivity index (χ2v) is 38.2. The van der Waals surface area contributed by atoms with Crippen molar-refractivity contribution in [2.45, 2.75) is 576 Å². The van der Waals surface area contributed by atoms with Crippen LogP contribution in [0.4, 0.5) is 0 Å². The number of nitrogens with one attached hydrogen (secondary N) is 1. The van der Waals surface area contributed by atoms with Crippen LogP contribution in [-0.2, 0) is 38.5 Å². The molecule has 26 rings (SSSR count). The number of hydrogen-bond donors (Lipinski definition) is 1. The molecular weight excluding hydrogens is 1640 g/mol. The number of pyridine rings is 1. The zero-order chi connectivity index (χ0) is 91.1. The first-order chi connectivity index (χ1) is 62.5. The average molecular weight is 1890 g/mol.